The van der Waals surface area contributed by atoms with Crippen molar-refractivity contribution in [1.29, 1.82) is 0 Å². The number of anilines is 1. The van der Waals surface area contributed by atoms with Crippen molar-refractivity contribution in [3.8, 4) is 0 Å². The fourth-order valence-corrected chi connectivity index (χ4v) is 3.98. The SMILES string of the molecule is CC(C)(C)NC(=O)CN1CCCN([C@@H](C(=O)Nc2ccc(F)cc2)c2ccccc2)CC1. The molecule has 2 aromatic rings. The second kappa shape index (κ2) is 10.7. The monoisotopic (exact) mass is 440 g/mol. The van der Waals surface area contributed by atoms with Crippen molar-refractivity contribution in [2.24, 2.45) is 0 Å². The van der Waals surface area contributed by atoms with Crippen LogP contribution in [0.4, 0.5) is 10.1 Å². The van der Waals surface area contributed by atoms with Crippen molar-refractivity contribution in [3.63, 3.8) is 0 Å². The van der Waals surface area contributed by atoms with Crippen LogP contribution in [0.1, 0.15) is 38.8 Å². The van der Waals surface area contributed by atoms with E-state index in [-0.39, 0.29) is 23.2 Å². The summed E-state index contributed by atoms with van der Waals surface area (Å²) < 4.78 is 13.2. The summed E-state index contributed by atoms with van der Waals surface area (Å²) in [7, 11) is 0. The highest BCUT2D eigenvalue weighted by Crippen LogP contribution is 2.24. The number of nitrogens with one attached hydrogen (secondary N) is 2. The van der Waals surface area contributed by atoms with Gasteiger partial charge in [-0.2, -0.15) is 0 Å². The maximum Gasteiger partial charge on any atom is 0.246 e. The topological polar surface area (TPSA) is 64.7 Å². The van der Waals surface area contributed by atoms with Crippen molar-refractivity contribution in [3.05, 3.63) is 66.0 Å². The molecule has 3 rings (SSSR count). The summed E-state index contributed by atoms with van der Waals surface area (Å²) in [5, 5.41) is 5.94. The third-order valence-corrected chi connectivity index (χ3v) is 5.35. The Bertz CT molecular complexity index is 896. The summed E-state index contributed by atoms with van der Waals surface area (Å²) in [6.07, 6.45) is 0.857. The Morgan fingerprint density at radius 3 is 2.31 bits per heavy atom. The number of benzene rings is 2. The molecule has 7 heteroatoms. The quantitative estimate of drug-likeness (QED) is 0.723. The Labute approximate surface area is 189 Å². The normalized spacial score (nSPS) is 16.8. The molecule has 0 aliphatic carbocycles. The molecule has 0 spiro atoms. The Hall–Kier alpha value is -2.77. The van der Waals surface area contributed by atoms with Gasteiger partial charge in [-0.3, -0.25) is 19.4 Å². The summed E-state index contributed by atoms with van der Waals surface area (Å²) in [5.74, 6) is -0.480. The van der Waals surface area contributed by atoms with Gasteiger partial charge in [0.05, 0.1) is 6.54 Å². The van der Waals surface area contributed by atoms with Gasteiger partial charge in [-0.1, -0.05) is 30.3 Å². The summed E-state index contributed by atoms with van der Waals surface area (Å²) in [6.45, 7) is 9.17. The molecule has 0 saturated carbocycles. The number of hydrogen-bond acceptors (Lipinski definition) is 4. The summed E-state index contributed by atoms with van der Waals surface area (Å²) in [5.41, 5.74) is 1.21. The molecule has 1 fully saturated rings. The summed E-state index contributed by atoms with van der Waals surface area (Å²) in [4.78, 5) is 30.0. The van der Waals surface area contributed by atoms with Crippen LogP contribution in [-0.2, 0) is 9.59 Å². The van der Waals surface area contributed by atoms with E-state index in [2.05, 4.69) is 20.4 Å². The lowest BCUT2D eigenvalue weighted by Crippen LogP contribution is -2.46. The van der Waals surface area contributed by atoms with Crippen LogP contribution >= 0.6 is 0 Å². The highest BCUT2D eigenvalue weighted by atomic mass is 19.1. The van der Waals surface area contributed by atoms with E-state index in [9.17, 15) is 14.0 Å². The van der Waals surface area contributed by atoms with Crippen LogP contribution < -0.4 is 10.6 Å². The van der Waals surface area contributed by atoms with Crippen LogP contribution in [0.5, 0.6) is 0 Å². The third kappa shape index (κ3) is 7.14. The molecular formula is C25H33FN4O2. The molecule has 1 aliphatic rings. The van der Waals surface area contributed by atoms with Gasteiger partial charge in [0, 0.05) is 30.9 Å². The molecule has 1 heterocycles. The fourth-order valence-electron chi connectivity index (χ4n) is 3.98. The Morgan fingerprint density at radius 1 is 0.969 bits per heavy atom. The van der Waals surface area contributed by atoms with Crippen molar-refractivity contribution in [2.75, 3.05) is 38.0 Å². The lowest BCUT2D eigenvalue weighted by molar-refractivity contribution is -0.124. The van der Waals surface area contributed by atoms with E-state index in [4.69, 9.17) is 0 Å². The van der Waals surface area contributed by atoms with Crippen LogP contribution in [0.3, 0.4) is 0 Å². The Balaban J connectivity index is 1.70. The van der Waals surface area contributed by atoms with Crippen molar-refractivity contribution in [1.82, 2.24) is 15.1 Å². The molecule has 1 aliphatic heterocycles. The molecule has 1 saturated heterocycles. The van der Waals surface area contributed by atoms with E-state index in [0.717, 1.165) is 25.1 Å². The van der Waals surface area contributed by atoms with Crippen LogP contribution in [0.25, 0.3) is 0 Å². The average molecular weight is 441 g/mol. The predicted octanol–water partition coefficient (Wildman–Crippen LogP) is 3.43. The molecule has 0 aromatic heterocycles. The van der Waals surface area contributed by atoms with Crippen LogP contribution in [0.2, 0.25) is 0 Å². The van der Waals surface area contributed by atoms with Gasteiger partial charge in [0.15, 0.2) is 0 Å². The first-order valence-corrected chi connectivity index (χ1v) is 11.1. The van der Waals surface area contributed by atoms with Gasteiger partial charge >= 0.3 is 0 Å². The first-order chi connectivity index (χ1) is 15.2. The molecule has 2 N–H and O–H groups in total. The van der Waals surface area contributed by atoms with Crippen molar-refractivity contribution in [2.45, 2.75) is 38.8 Å². The van der Waals surface area contributed by atoms with Gasteiger partial charge in [-0.15, -0.1) is 0 Å². The molecular weight excluding hydrogens is 407 g/mol. The number of carbonyl (C=O) groups is 2. The average Bonchev–Trinajstić information content (AvgIpc) is 2.95. The fraction of sp³-hybridized carbons (Fsp3) is 0.440. The minimum absolute atomic E-state index is 0.0135. The van der Waals surface area contributed by atoms with Crippen LogP contribution in [0.15, 0.2) is 54.6 Å². The Kier molecular flexibility index (Phi) is 7.99. The second-order valence-electron chi connectivity index (χ2n) is 9.27. The first-order valence-electron chi connectivity index (χ1n) is 11.1. The largest absolute Gasteiger partial charge is 0.350 e. The van der Waals surface area contributed by atoms with E-state index in [1.54, 1.807) is 12.1 Å². The first kappa shape index (κ1) is 23.9. The Morgan fingerprint density at radius 2 is 1.66 bits per heavy atom. The standard InChI is InChI=1S/C25H33FN4O2/c1-25(2,3)28-22(31)18-29-14-7-15-30(17-16-29)23(19-8-5-4-6-9-19)24(32)27-21-12-10-20(26)11-13-21/h4-6,8-13,23H,7,14-18H2,1-3H3,(H,27,32)(H,28,31)/t23-/m1/s1. The van der Waals surface area contributed by atoms with Gasteiger partial charge in [-0.25, -0.2) is 4.39 Å². The molecule has 32 heavy (non-hydrogen) atoms. The maximum absolute atomic E-state index is 13.3. The highest BCUT2D eigenvalue weighted by molar-refractivity contribution is 5.95. The van der Waals surface area contributed by atoms with Gasteiger partial charge in [-0.05, 0) is 63.6 Å². The van der Waals surface area contributed by atoms with Gasteiger partial charge < -0.3 is 10.6 Å². The van der Waals surface area contributed by atoms with Gasteiger partial charge in [0.1, 0.15) is 11.9 Å². The number of rotatable bonds is 6. The number of carbonyl (C=O) groups excluding carboxylic acids is 2. The zero-order valence-electron chi connectivity index (χ0n) is 19.1. The third-order valence-electron chi connectivity index (χ3n) is 5.35. The zero-order chi connectivity index (χ0) is 23.1. The molecule has 0 radical (unpaired) electrons. The van der Waals surface area contributed by atoms with Crippen molar-refractivity contribution >= 4 is 17.5 Å². The second-order valence-corrected chi connectivity index (χ2v) is 9.27. The minimum Gasteiger partial charge on any atom is -0.350 e. The lowest BCUT2D eigenvalue weighted by atomic mass is 10.0. The minimum atomic E-state index is -0.468. The maximum atomic E-state index is 13.3. The molecule has 2 aromatic carbocycles. The highest BCUT2D eigenvalue weighted by Gasteiger charge is 2.30. The summed E-state index contributed by atoms with van der Waals surface area (Å²) >= 11 is 0. The van der Waals surface area contributed by atoms with E-state index >= 15 is 0 Å². The van der Waals surface area contributed by atoms with E-state index in [1.165, 1.54) is 12.1 Å². The summed E-state index contributed by atoms with van der Waals surface area (Å²) in [6, 6.07) is 15.0. The smallest absolute Gasteiger partial charge is 0.246 e. The van der Waals surface area contributed by atoms with Crippen LogP contribution in [-0.4, -0.2) is 59.9 Å². The van der Waals surface area contributed by atoms with E-state index in [1.807, 2.05) is 51.1 Å². The molecule has 0 bridgehead atoms. The molecule has 1 atom stereocenters. The molecule has 0 unspecified atom stereocenters. The van der Waals surface area contributed by atoms with E-state index < -0.39 is 6.04 Å². The zero-order valence-corrected chi connectivity index (χ0v) is 19.1. The van der Waals surface area contributed by atoms with Gasteiger partial charge in [0.25, 0.3) is 0 Å². The number of halogens is 1. The predicted molar refractivity (Wildman–Crippen MR) is 125 cm³/mol. The van der Waals surface area contributed by atoms with Crippen molar-refractivity contribution < 1.29 is 14.0 Å². The molecule has 6 nitrogen and oxygen atoms in total. The number of nitrogens with zero attached hydrogens (tertiary/aromatic N) is 2. The van der Waals surface area contributed by atoms with E-state index in [0.29, 0.717) is 25.3 Å². The van der Waals surface area contributed by atoms with Gasteiger partial charge in [0.2, 0.25) is 11.8 Å². The lowest BCUT2D eigenvalue weighted by Gasteiger charge is -2.30. The molecule has 172 valence electrons. The number of hydrogen-bond donors (Lipinski definition) is 2. The molecule has 2 amide bonds. The number of amides is 2. The van der Waals surface area contributed by atoms with Crippen LogP contribution in [0, 0.1) is 5.82 Å².